The normalized spacial score (nSPS) is 22.8. The number of anilines is 1. The molecular formula is C9H16N4O3S. The van der Waals surface area contributed by atoms with Crippen LogP contribution in [0.25, 0.3) is 0 Å². The lowest BCUT2D eigenvalue weighted by atomic mass is 10.1. The van der Waals surface area contributed by atoms with Gasteiger partial charge in [0.25, 0.3) is 0 Å². The smallest absolute Gasteiger partial charge is 0.315 e. The summed E-state index contributed by atoms with van der Waals surface area (Å²) in [6, 6.07) is 0.331. The quantitative estimate of drug-likeness (QED) is 0.728. The van der Waals surface area contributed by atoms with Crippen molar-refractivity contribution in [1.29, 1.82) is 0 Å². The van der Waals surface area contributed by atoms with Crippen molar-refractivity contribution in [2.75, 3.05) is 29.9 Å². The molecule has 0 bridgehead atoms. The highest BCUT2D eigenvalue weighted by molar-refractivity contribution is 7.91. The van der Waals surface area contributed by atoms with Gasteiger partial charge in [0, 0.05) is 19.5 Å². The number of hydrogen-bond acceptors (Lipinski definition) is 7. The number of nitrogens with one attached hydrogen (secondary N) is 1. The molecule has 0 radical (unpaired) electrons. The van der Waals surface area contributed by atoms with E-state index in [1.54, 1.807) is 0 Å². The van der Waals surface area contributed by atoms with Crippen LogP contribution in [0.2, 0.25) is 0 Å². The molecule has 0 spiro atoms. The summed E-state index contributed by atoms with van der Waals surface area (Å²) in [4.78, 5) is 0. The van der Waals surface area contributed by atoms with E-state index < -0.39 is 9.84 Å². The molecule has 96 valence electrons. The zero-order chi connectivity index (χ0) is 12.3. The van der Waals surface area contributed by atoms with Crippen LogP contribution in [0.15, 0.2) is 4.42 Å². The van der Waals surface area contributed by atoms with Gasteiger partial charge in [-0.25, -0.2) is 8.42 Å². The van der Waals surface area contributed by atoms with E-state index in [4.69, 9.17) is 10.2 Å². The van der Waals surface area contributed by atoms with Crippen LogP contribution < -0.4 is 11.1 Å². The van der Waals surface area contributed by atoms with Crippen molar-refractivity contribution < 1.29 is 12.8 Å². The van der Waals surface area contributed by atoms with Gasteiger partial charge < -0.3 is 15.5 Å². The first kappa shape index (κ1) is 12.3. The number of nitrogens with zero attached hydrogens (tertiary/aromatic N) is 2. The van der Waals surface area contributed by atoms with Crippen LogP contribution in [0.3, 0.4) is 0 Å². The SMILES string of the molecule is NCCc1nnc(NCC2CCS(=O)(=O)C2)o1. The zero-order valence-electron chi connectivity index (χ0n) is 9.42. The first-order valence-corrected chi connectivity index (χ1v) is 7.38. The molecule has 0 aromatic carbocycles. The van der Waals surface area contributed by atoms with Gasteiger partial charge in [0.05, 0.1) is 11.5 Å². The predicted octanol–water partition coefficient (Wildman–Crippen LogP) is -0.583. The molecule has 3 N–H and O–H groups in total. The third kappa shape index (κ3) is 3.40. The van der Waals surface area contributed by atoms with Crippen LogP contribution >= 0.6 is 0 Å². The summed E-state index contributed by atoms with van der Waals surface area (Å²) in [7, 11) is -2.83. The second-order valence-corrected chi connectivity index (χ2v) is 6.42. The van der Waals surface area contributed by atoms with Crippen LogP contribution in [0.4, 0.5) is 6.01 Å². The first-order valence-electron chi connectivity index (χ1n) is 5.56. The van der Waals surface area contributed by atoms with E-state index in [0.717, 1.165) is 0 Å². The fraction of sp³-hybridized carbons (Fsp3) is 0.778. The maximum absolute atomic E-state index is 11.2. The molecule has 1 fully saturated rings. The van der Waals surface area contributed by atoms with Gasteiger partial charge in [-0.15, -0.1) is 5.10 Å². The number of hydrogen-bond donors (Lipinski definition) is 2. The van der Waals surface area contributed by atoms with Gasteiger partial charge in [-0.3, -0.25) is 0 Å². The van der Waals surface area contributed by atoms with Gasteiger partial charge >= 0.3 is 6.01 Å². The Balaban J connectivity index is 1.82. The van der Waals surface area contributed by atoms with Crippen molar-refractivity contribution in [2.45, 2.75) is 12.8 Å². The highest BCUT2D eigenvalue weighted by Gasteiger charge is 2.27. The molecule has 8 heteroatoms. The summed E-state index contributed by atoms with van der Waals surface area (Å²) in [6.45, 7) is 1.01. The Morgan fingerprint density at radius 1 is 1.47 bits per heavy atom. The Hall–Kier alpha value is -1.15. The van der Waals surface area contributed by atoms with E-state index >= 15 is 0 Å². The monoisotopic (exact) mass is 260 g/mol. The van der Waals surface area contributed by atoms with Crippen LogP contribution in [-0.4, -0.2) is 43.2 Å². The topological polar surface area (TPSA) is 111 Å². The minimum atomic E-state index is -2.83. The van der Waals surface area contributed by atoms with Gasteiger partial charge in [-0.05, 0) is 12.3 Å². The van der Waals surface area contributed by atoms with E-state index in [0.29, 0.717) is 37.8 Å². The van der Waals surface area contributed by atoms with Gasteiger partial charge in [0.1, 0.15) is 0 Å². The van der Waals surface area contributed by atoms with Gasteiger partial charge in [0.2, 0.25) is 5.89 Å². The molecule has 0 amide bonds. The molecule has 0 saturated carbocycles. The molecule has 1 aliphatic rings. The maximum atomic E-state index is 11.2. The van der Waals surface area contributed by atoms with Crippen molar-refractivity contribution >= 4 is 15.9 Å². The van der Waals surface area contributed by atoms with Gasteiger partial charge in [-0.2, -0.15) is 0 Å². The first-order chi connectivity index (χ1) is 8.09. The fourth-order valence-corrected chi connectivity index (χ4v) is 3.68. The third-order valence-corrected chi connectivity index (χ3v) is 4.53. The fourth-order valence-electron chi connectivity index (χ4n) is 1.81. The molecule has 2 rings (SSSR count). The summed E-state index contributed by atoms with van der Waals surface area (Å²) in [5, 5.41) is 10.6. The maximum Gasteiger partial charge on any atom is 0.315 e. The van der Waals surface area contributed by atoms with E-state index in [9.17, 15) is 8.42 Å². The summed E-state index contributed by atoms with van der Waals surface area (Å²) in [6.07, 6.45) is 1.24. The lowest BCUT2D eigenvalue weighted by Crippen LogP contribution is -2.15. The van der Waals surface area contributed by atoms with E-state index in [-0.39, 0.29) is 17.4 Å². The van der Waals surface area contributed by atoms with Gasteiger partial charge in [-0.1, -0.05) is 5.10 Å². The minimum absolute atomic E-state index is 0.129. The van der Waals surface area contributed by atoms with E-state index in [2.05, 4.69) is 15.5 Å². The molecule has 1 aromatic rings. The van der Waals surface area contributed by atoms with Crippen LogP contribution in [-0.2, 0) is 16.3 Å². The number of rotatable bonds is 5. The Morgan fingerprint density at radius 3 is 2.94 bits per heavy atom. The van der Waals surface area contributed by atoms with Crippen molar-refractivity contribution in [2.24, 2.45) is 11.7 Å². The summed E-state index contributed by atoms with van der Waals surface area (Å²) >= 11 is 0. The van der Waals surface area contributed by atoms with Crippen LogP contribution in [0.5, 0.6) is 0 Å². The number of nitrogens with two attached hydrogens (primary N) is 1. The molecule has 1 unspecified atom stereocenters. The lowest BCUT2D eigenvalue weighted by molar-refractivity contribution is 0.499. The van der Waals surface area contributed by atoms with Gasteiger partial charge in [0.15, 0.2) is 9.84 Å². The summed E-state index contributed by atoms with van der Waals surface area (Å²) in [5.74, 6) is 1.14. The van der Waals surface area contributed by atoms with Crippen LogP contribution in [0.1, 0.15) is 12.3 Å². The molecule has 17 heavy (non-hydrogen) atoms. The number of aromatic nitrogens is 2. The standard InChI is InChI=1S/C9H16N4O3S/c10-3-1-8-12-13-9(16-8)11-5-7-2-4-17(14,15)6-7/h7H,1-6,10H2,(H,11,13). The zero-order valence-corrected chi connectivity index (χ0v) is 10.2. The predicted molar refractivity (Wildman–Crippen MR) is 62.3 cm³/mol. The molecule has 1 aliphatic heterocycles. The second kappa shape index (κ2) is 5.01. The van der Waals surface area contributed by atoms with E-state index in [1.807, 2.05) is 0 Å². The Bertz CT molecular complexity index is 470. The molecule has 1 atom stereocenters. The van der Waals surface area contributed by atoms with E-state index in [1.165, 1.54) is 0 Å². The minimum Gasteiger partial charge on any atom is -0.408 e. The average molecular weight is 260 g/mol. The molecule has 2 heterocycles. The third-order valence-electron chi connectivity index (χ3n) is 2.69. The highest BCUT2D eigenvalue weighted by Crippen LogP contribution is 2.18. The molecule has 7 nitrogen and oxygen atoms in total. The Labute approximate surface area is 99.7 Å². The largest absolute Gasteiger partial charge is 0.408 e. The van der Waals surface area contributed by atoms with Crippen molar-refractivity contribution in [3.8, 4) is 0 Å². The average Bonchev–Trinajstić information content (AvgIpc) is 2.83. The Morgan fingerprint density at radius 2 is 2.29 bits per heavy atom. The van der Waals surface area contributed by atoms with Crippen molar-refractivity contribution in [3.05, 3.63) is 5.89 Å². The summed E-state index contributed by atoms with van der Waals surface area (Å²) < 4.78 is 27.8. The summed E-state index contributed by atoms with van der Waals surface area (Å²) in [5.41, 5.74) is 5.36. The molecule has 0 aliphatic carbocycles. The highest BCUT2D eigenvalue weighted by atomic mass is 32.2. The lowest BCUT2D eigenvalue weighted by Gasteiger charge is -2.06. The van der Waals surface area contributed by atoms with Crippen molar-refractivity contribution in [3.63, 3.8) is 0 Å². The second-order valence-electron chi connectivity index (χ2n) is 4.19. The van der Waals surface area contributed by atoms with Crippen molar-refractivity contribution in [1.82, 2.24) is 10.2 Å². The van der Waals surface area contributed by atoms with Crippen LogP contribution in [0, 0.1) is 5.92 Å². The number of sulfone groups is 1. The Kier molecular flexibility index (Phi) is 3.63. The molecule has 1 saturated heterocycles. The molecule has 1 aromatic heterocycles. The molecular weight excluding hydrogens is 244 g/mol.